The average molecular weight is 247 g/mol. The average Bonchev–Trinajstić information content (AvgIpc) is 2.61. The van der Waals surface area contributed by atoms with Crippen molar-refractivity contribution in [2.75, 3.05) is 25.0 Å². The van der Waals surface area contributed by atoms with Gasteiger partial charge in [0.05, 0.1) is 0 Å². The number of anilines is 1. The van der Waals surface area contributed by atoms with Gasteiger partial charge >= 0.3 is 6.03 Å². The first kappa shape index (κ1) is 12.4. The van der Waals surface area contributed by atoms with Crippen molar-refractivity contribution in [1.29, 1.82) is 0 Å². The number of carbonyl (C=O) groups is 1. The van der Waals surface area contributed by atoms with Crippen LogP contribution in [0, 0.1) is 0 Å². The third-order valence-corrected chi connectivity index (χ3v) is 2.58. The van der Waals surface area contributed by atoms with Crippen LogP contribution in [0.4, 0.5) is 10.5 Å². The van der Waals surface area contributed by atoms with Crippen LogP contribution >= 0.6 is 0 Å². The molecule has 96 valence electrons. The summed E-state index contributed by atoms with van der Waals surface area (Å²) < 4.78 is 5.57. The second-order valence-corrected chi connectivity index (χ2v) is 3.97. The quantitative estimate of drug-likeness (QED) is 0.709. The van der Waals surface area contributed by atoms with Crippen molar-refractivity contribution < 1.29 is 9.53 Å². The second kappa shape index (κ2) is 6.07. The van der Waals surface area contributed by atoms with Gasteiger partial charge in [0.1, 0.15) is 12.4 Å². The van der Waals surface area contributed by atoms with Crippen LogP contribution in [0.5, 0.6) is 5.75 Å². The Morgan fingerprint density at radius 2 is 2.44 bits per heavy atom. The first-order valence-electron chi connectivity index (χ1n) is 5.92. The third-order valence-electron chi connectivity index (χ3n) is 2.58. The van der Waals surface area contributed by atoms with E-state index in [9.17, 15) is 4.79 Å². The fraction of sp³-hybridized carbons (Fsp3) is 0.308. The van der Waals surface area contributed by atoms with E-state index >= 15 is 0 Å². The Balaban J connectivity index is 2.03. The molecule has 1 aromatic rings. The standard InChI is InChI=1S/C13H17N3O2/c1-2-5-15-13(17)16-11-3-4-12-10(8-11)9-14-6-7-18-12/h2-4,8,14H,1,5-7,9H2,(H2,15,16,17). The number of rotatable bonds is 3. The van der Waals surface area contributed by atoms with Crippen LogP contribution in [0.2, 0.25) is 0 Å². The highest BCUT2D eigenvalue weighted by Crippen LogP contribution is 2.23. The lowest BCUT2D eigenvalue weighted by atomic mass is 10.1. The van der Waals surface area contributed by atoms with Gasteiger partial charge in [-0.2, -0.15) is 0 Å². The number of carbonyl (C=O) groups excluding carboxylic acids is 1. The monoisotopic (exact) mass is 247 g/mol. The van der Waals surface area contributed by atoms with Crippen LogP contribution in [-0.4, -0.2) is 25.7 Å². The molecule has 0 bridgehead atoms. The molecule has 1 heterocycles. The smallest absolute Gasteiger partial charge is 0.319 e. The van der Waals surface area contributed by atoms with Crippen molar-refractivity contribution in [3.8, 4) is 5.75 Å². The number of urea groups is 1. The van der Waals surface area contributed by atoms with Crippen LogP contribution in [0.25, 0.3) is 0 Å². The van der Waals surface area contributed by atoms with Gasteiger partial charge in [-0.3, -0.25) is 0 Å². The molecule has 0 fully saturated rings. The molecule has 1 aromatic carbocycles. The topological polar surface area (TPSA) is 62.4 Å². The van der Waals surface area contributed by atoms with Crippen LogP contribution in [-0.2, 0) is 6.54 Å². The number of ether oxygens (including phenoxy) is 1. The number of benzene rings is 1. The summed E-state index contributed by atoms with van der Waals surface area (Å²) in [6, 6.07) is 5.39. The fourth-order valence-electron chi connectivity index (χ4n) is 1.73. The Bertz CT molecular complexity index is 446. The first-order valence-corrected chi connectivity index (χ1v) is 5.92. The molecule has 0 saturated heterocycles. The minimum atomic E-state index is -0.239. The number of nitrogens with one attached hydrogen (secondary N) is 3. The SMILES string of the molecule is C=CCNC(=O)Nc1ccc2c(c1)CNCCO2. The minimum Gasteiger partial charge on any atom is -0.492 e. The molecule has 5 nitrogen and oxygen atoms in total. The summed E-state index contributed by atoms with van der Waals surface area (Å²) in [5.74, 6) is 0.872. The molecule has 0 radical (unpaired) electrons. The van der Waals surface area contributed by atoms with E-state index in [2.05, 4.69) is 22.5 Å². The molecule has 1 aliphatic heterocycles. The first-order chi connectivity index (χ1) is 8.79. The van der Waals surface area contributed by atoms with Gasteiger partial charge in [0.2, 0.25) is 0 Å². The van der Waals surface area contributed by atoms with Gasteiger partial charge in [-0.25, -0.2) is 4.79 Å². The van der Waals surface area contributed by atoms with Crippen molar-refractivity contribution in [2.45, 2.75) is 6.54 Å². The molecule has 18 heavy (non-hydrogen) atoms. The molecular formula is C13H17N3O2. The van der Waals surface area contributed by atoms with Crippen LogP contribution in [0.1, 0.15) is 5.56 Å². The van der Waals surface area contributed by atoms with E-state index < -0.39 is 0 Å². The Morgan fingerprint density at radius 3 is 3.28 bits per heavy atom. The van der Waals surface area contributed by atoms with Gasteiger partial charge in [0.15, 0.2) is 0 Å². The summed E-state index contributed by atoms with van der Waals surface area (Å²) in [5, 5.41) is 8.68. The lowest BCUT2D eigenvalue weighted by molar-refractivity contribution is 0.253. The predicted octanol–water partition coefficient (Wildman–Crippen LogP) is 1.48. The Kier molecular flexibility index (Phi) is 4.20. The largest absolute Gasteiger partial charge is 0.492 e. The van der Waals surface area contributed by atoms with Crippen molar-refractivity contribution in [1.82, 2.24) is 10.6 Å². The van der Waals surface area contributed by atoms with Gasteiger partial charge in [-0.15, -0.1) is 6.58 Å². The summed E-state index contributed by atoms with van der Waals surface area (Å²) >= 11 is 0. The molecule has 0 unspecified atom stereocenters. The zero-order chi connectivity index (χ0) is 12.8. The minimum absolute atomic E-state index is 0.239. The van der Waals surface area contributed by atoms with E-state index in [1.807, 2.05) is 18.2 Å². The van der Waals surface area contributed by atoms with Crippen molar-refractivity contribution in [3.05, 3.63) is 36.4 Å². The molecule has 0 atom stereocenters. The van der Waals surface area contributed by atoms with Crippen molar-refractivity contribution in [2.24, 2.45) is 0 Å². The number of fused-ring (bicyclic) bond motifs is 1. The molecule has 0 saturated carbocycles. The maximum Gasteiger partial charge on any atom is 0.319 e. The number of hydrogen-bond donors (Lipinski definition) is 3. The van der Waals surface area contributed by atoms with Gasteiger partial charge in [0, 0.05) is 30.9 Å². The summed E-state index contributed by atoms with van der Waals surface area (Å²) in [4.78, 5) is 11.5. The second-order valence-electron chi connectivity index (χ2n) is 3.97. The van der Waals surface area contributed by atoms with E-state index in [0.29, 0.717) is 13.2 Å². The van der Waals surface area contributed by atoms with Gasteiger partial charge < -0.3 is 20.7 Å². The van der Waals surface area contributed by atoms with E-state index in [-0.39, 0.29) is 6.03 Å². The fourth-order valence-corrected chi connectivity index (χ4v) is 1.73. The maximum atomic E-state index is 11.5. The van der Waals surface area contributed by atoms with Gasteiger partial charge in [-0.05, 0) is 18.2 Å². The summed E-state index contributed by atoms with van der Waals surface area (Å²) in [7, 11) is 0. The molecule has 1 aliphatic rings. The number of amides is 2. The highest BCUT2D eigenvalue weighted by atomic mass is 16.5. The van der Waals surface area contributed by atoms with Crippen LogP contribution in [0.15, 0.2) is 30.9 Å². The molecule has 0 aliphatic carbocycles. The zero-order valence-electron chi connectivity index (χ0n) is 10.2. The normalized spacial score (nSPS) is 13.8. The highest BCUT2D eigenvalue weighted by Gasteiger charge is 2.09. The third kappa shape index (κ3) is 3.24. The number of hydrogen-bond acceptors (Lipinski definition) is 3. The molecule has 2 rings (SSSR count). The molecule has 5 heteroatoms. The Morgan fingerprint density at radius 1 is 1.56 bits per heavy atom. The lowest BCUT2D eigenvalue weighted by Crippen LogP contribution is -2.28. The highest BCUT2D eigenvalue weighted by molar-refractivity contribution is 5.89. The van der Waals surface area contributed by atoms with Crippen molar-refractivity contribution >= 4 is 11.7 Å². The Hall–Kier alpha value is -2.01. The lowest BCUT2D eigenvalue weighted by Gasteiger charge is -2.10. The zero-order valence-corrected chi connectivity index (χ0v) is 10.2. The molecule has 0 aromatic heterocycles. The van der Waals surface area contributed by atoms with Crippen LogP contribution < -0.4 is 20.7 Å². The molecule has 2 amide bonds. The Labute approximate surface area is 106 Å². The predicted molar refractivity (Wildman–Crippen MR) is 70.9 cm³/mol. The van der Waals surface area contributed by atoms with Gasteiger partial charge in [-0.1, -0.05) is 6.08 Å². The summed E-state index contributed by atoms with van der Waals surface area (Å²) in [5.41, 5.74) is 1.80. The molecule has 0 spiro atoms. The van der Waals surface area contributed by atoms with E-state index in [0.717, 1.165) is 30.1 Å². The van der Waals surface area contributed by atoms with E-state index in [1.54, 1.807) is 6.08 Å². The van der Waals surface area contributed by atoms with Crippen LogP contribution in [0.3, 0.4) is 0 Å². The summed E-state index contributed by atoms with van der Waals surface area (Å²) in [6.45, 7) is 6.23. The molecule has 3 N–H and O–H groups in total. The summed E-state index contributed by atoms with van der Waals surface area (Å²) in [6.07, 6.45) is 1.63. The van der Waals surface area contributed by atoms with E-state index in [1.165, 1.54) is 0 Å². The molecular weight excluding hydrogens is 230 g/mol. The van der Waals surface area contributed by atoms with E-state index in [4.69, 9.17) is 4.74 Å². The maximum absolute atomic E-state index is 11.5. The van der Waals surface area contributed by atoms with Gasteiger partial charge in [0.25, 0.3) is 0 Å². The van der Waals surface area contributed by atoms with Crippen molar-refractivity contribution in [3.63, 3.8) is 0 Å².